The van der Waals surface area contributed by atoms with E-state index in [4.69, 9.17) is 25.5 Å². The summed E-state index contributed by atoms with van der Waals surface area (Å²) in [4.78, 5) is 12.5. The second-order valence-corrected chi connectivity index (χ2v) is 5.81. The van der Waals surface area contributed by atoms with Gasteiger partial charge in [-0.15, -0.1) is 0 Å². The molecule has 0 aliphatic rings. The lowest BCUT2D eigenvalue weighted by Gasteiger charge is -2.07. The summed E-state index contributed by atoms with van der Waals surface area (Å²) in [5.74, 6) is 3.11. The van der Waals surface area contributed by atoms with Gasteiger partial charge in [0.05, 0.1) is 20.0 Å². The second kappa shape index (κ2) is 7.26. The van der Waals surface area contributed by atoms with Gasteiger partial charge < -0.3 is 25.5 Å². The molecule has 0 saturated heterocycles. The average Bonchev–Trinajstić information content (AvgIpc) is 3.07. The monoisotopic (exact) mass is 360 g/mol. The third-order valence-corrected chi connectivity index (χ3v) is 4.01. The minimum Gasteiger partial charge on any atom is -0.493 e. The van der Waals surface area contributed by atoms with E-state index in [1.54, 1.807) is 26.4 Å². The van der Waals surface area contributed by atoms with Gasteiger partial charge >= 0.3 is 0 Å². The fraction of sp³-hybridized carbons (Fsp3) is 0.200. The molecule has 9 nitrogen and oxygen atoms in total. The molecule has 25 heavy (non-hydrogen) atoms. The van der Waals surface area contributed by atoms with Crippen LogP contribution in [0.25, 0.3) is 11.4 Å². The van der Waals surface area contributed by atoms with E-state index < -0.39 is 0 Å². The molecule has 0 bridgehead atoms. The van der Waals surface area contributed by atoms with E-state index in [-0.39, 0.29) is 0 Å². The molecule has 0 amide bonds. The Balaban J connectivity index is 1.74. The molecule has 3 rings (SSSR count). The van der Waals surface area contributed by atoms with E-state index in [0.29, 0.717) is 45.8 Å². The first-order valence-electron chi connectivity index (χ1n) is 7.17. The van der Waals surface area contributed by atoms with Gasteiger partial charge in [-0.05, 0) is 18.2 Å². The van der Waals surface area contributed by atoms with Crippen LogP contribution >= 0.6 is 11.8 Å². The molecule has 0 radical (unpaired) electrons. The molecule has 0 unspecified atom stereocenters. The van der Waals surface area contributed by atoms with Gasteiger partial charge in [-0.1, -0.05) is 16.9 Å². The third kappa shape index (κ3) is 3.91. The van der Waals surface area contributed by atoms with Gasteiger partial charge in [0.25, 0.3) is 0 Å². The number of ether oxygens (including phenoxy) is 2. The van der Waals surface area contributed by atoms with Crippen molar-refractivity contribution in [2.75, 3.05) is 25.7 Å². The fourth-order valence-electron chi connectivity index (χ4n) is 2.06. The highest BCUT2D eigenvalue weighted by atomic mass is 32.2. The fourth-order valence-corrected chi connectivity index (χ4v) is 2.77. The summed E-state index contributed by atoms with van der Waals surface area (Å²) in [5.41, 5.74) is 12.0. The summed E-state index contributed by atoms with van der Waals surface area (Å²) in [6.07, 6.45) is 0. The van der Waals surface area contributed by atoms with E-state index in [1.165, 1.54) is 17.8 Å². The maximum absolute atomic E-state index is 5.64. The molecule has 3 aromatic rings. The van der Waals surface area contributed by atoms with Crippen LogP contribution in [0.3, 0.4) is 0 Å². The van der Waals surface area contributed by atoms with Crippen LogP contribution in [0, 0.1) is 0 Å². The summed E-state index contributed by atoms with van der Waals surface area (Å²) >= 11 is 1.30. The van der Waals surface area contributed by atoms with Gasteiger partial charge in [0.1, 0.15) is 11.6 Å². The topological polar surface area (TPSA) is 135 Å². The SMILES string of the molecule is COc1ccc(-c2noc(CSc3nc(N)cc(N)n3)n2)cc1OC. The maximum Gasteiger partial charge on any atom is 0.237 e. The van der Waals surface area contributed by atoms with Crippen LogP contribution in [0.5, 0.6) is 11.5 Å². The zero-order valence-electron chi connectivity index (χ0n) is 13.6. The molecule has 0 saturated carbocycles. The van der Waals surface area contributed by atoms with Crippen molar-refractivity contribution in [1.29, 1.82) is 0 Å². The summed E-state index contributed by atoms with van der Waals surface area (Å²) in [7, 11) is 3.14. The molecule has 2 heterocycles. The zero-order chi connectivity index (χ0) is 17.8. The van der Waals surface area contributed by atoms with Crippen LogP contribution in [0.1, 0.15) is 5.89 Å². The molecule has 0 atom stereocenters. The number of rotatable bonds is 6. The molecule has 4 N–H and O–H groups in total. The van der Waals surface area contributed by atoms with Gasteiger partial charge in [0.15, 0.2) is 16.7 Å². The van der Waals surface area contributed by atoms with Crippen LogP contribution in [-0.2, 0) is 5.75 Å². The molecule has 1 aromatic carbocycles. The van der Waals surface area contributed by atoms with Crippen molar-refractivity contribution in [2.24, 2.45) is 0 Å². The Hall–Kier alpha value is -3.01. The van der Waals surface area contributed by atoms with E-state index in [1.807, 2.05) is 6.07 Å². The highest BCUT2D eigenvalue weighted by molar-refractivity contribution is 7.98. The second-order valence-electron chi connectivity index (χ2n) is 4.87. The molecular weight excluding hydrogens is 344 g/mol. The Labute approximate surface area is 147 Å². The predicted molar refractivity (Wildman–Crippen MR) is 93.3 cm³/mol. The number of nitrogens with two attached hydrogens (primary N) is 2. The first-order valence-corrected chi connectivity index (χ1v) is 8.15. The highest BCUT2D eigenvalue weighted by Gasteiger charge is 2.13. The van der Waals surface area contributed by atoms with E-state index in [0.717, 1.165) is 5.56 Å². The average molecular weight is 360 g/mol. The van der Waals surface area contributed by atoms with E-state index in [2.05, 4.69) is 20.1 Å². The summed E-state index contributed by atoms with van der Waals surface area (Å²) < 4.78 is 15.7. The van der Waals surface area contributed by atoms with Crippen LogP contribution in [0.15, 0.2) is 33.9 Å². The molecule has 0 aliphatic heterocycles. The number of aromatic nitrogens is 4. The van der Waals surface area contributed by atoms with Crippen molar-refractivity contribution in [3.63, 3.8) is 0 Å². The Bertz CT molecular complexity index is 865. The zero-order valence-corrected chi connectivity index (χ0v) is 14.4. The standard InChI is InChI=1S/C15H16N6O3S/c1-22-9-4-3-8(5-10(9)23-2)14-20-13(24-21-14)7-25-15-18-11(16)6-12(17)19-15/h3-6H,7H2,1-2H3,(H4,16,17,18,19). The van der Waals surface area contributed by atoms with Crippen molar-refractivity contribution in [1.82, 2.24) is 20.1 Å². The lowest BCUT2D eigenvalue weighted by Crippen LogP contribution is -1.99. The molecule has 10 heteroatoms. The number of hydrogen-bond acceptors (Lipinski definition) is 10. The lowest BCUT2D eigenvalue weighted by atomic mass is 10.2. The van der Waals surface area contributed by atoms with Crippen molar-refractivity contribution in [2.45, 2.75) is 10.9 Å². The van der Waals surface area contributed by atoms with Gasteiger partial charge in [-0.25, -0.2) is 9.97 Å². The van der Waals surface area contributed by atoms with Gasteiger partial charge in [0.2, 0.25) is 11.7 Å². The van der Waals surface area contributed by atoms with Crippen LogP contribution in [0.2, 0.25) is 0 Å². The Morgan fingerprint density at radius 3 is 2.40 bits per heavy atom. The summed E-state index contributed by atoms with van der Waals surface area (Å²) in [6.45, 7) is 0. The third-order valence-electron chi connectivity index (χ3n) is 3.18. The smallest absolute Gasteiger partial charge is 0.237 e. The first-order chi connectivity index (χ1) is 12.1. The summed E-state index contributed by atoms with van der Waals surface area (Å²) in [6, 6.07) is 6.88. The van der Waals surface area contributed by atoms with Crippen LogP contribution in [0.4, 0.5) is 11.6 Å². The molecule has 0 spiro atoms. The van der Waals surface area contributed by atoms with Crippen molar-refractivity contribution in [3.05, 3.63) is 30.2 Å². The van der Waals surface area contributed by atoms with Crippen molar-refractivity contribution in [3.8, 4) is 22.9 Å². The van der Waals surface area contributed by atoms with Gasteiger partial charge in [0, 0.05) is 11.6 Å². The van der Waals surface area contributed by atoms with Gasteiger partial charge in [-0.2, -0.15) is 4.98 Å². The van der Waals surface area contributed by atoms with Crippen molar-refractivity contribution < 1.29 is 14.0 Å². The van der Waals surface area contributed by atoms with E-state index >= 15 is 0 Å². The number of anilines is 2. The van der Waals surface area contributed by atoms with Gasteiger partial charge in [-0.3, -0.25) is 0 Å². The largest absolute Gasteiger partial charge is 0.493 e. The van der Waals surface area contributed by atoms with Crippen molar-refractivity contribution >= 4 is 23.4 Å². The Morgan fingerprint density at radius 1 is 1.00 bits per heavy atom. The summed E-state index contributed by atoms with van der Waals surface area (Å²) in [5, 5.41) is 4.43. The number of nitrogens with zero attached hydrogens (tertiary/aromatic N) is 4. The Kier molecular flexibility index (Phi) is 4.89. The number of methoxy groups -OCH3 is 2. The quantitative estimate of drug-likeness (QED) is 0.496. The number of hydrogen-bond donors (Lipinski definition) is 2. The number of thioether (sulfide) groups is 1. The molecule has 0 fully saturated rings. The molecule has 2 aromatic heterocycles. The molecule has 130 valence electrons. The lowest BCUT2D eigenvalue weighted by molar-refractivity contribution is 0.355. The number of nitrogen functional groups attached to an aromatic ring is 2. The Morgan fingerprint density at radius 2 is 1.72 bits per heavy atom. The molecular formula is C15H16N6O3S. The van der Waals surface area contributed by atoms with Crippen LogP contribution in [-0.4, -0.2) is 34.3 Å². The van der Waals surface area contributed by atoms with E-state index in [9.17, 15) is 0 Å². The highest BCUT2D eigenvalue weighted by Crippen LogP contribution is 2.31. The predicted octanol–water partition coefficient (Wildman–Crippen LogP) is 2.00. The minimum absolute atomic E-state index is 0.312. The molecule has 0 aliphatic carbocycles. The minimum atomic E-state index is 0.312. The van der Waals surface area contributed by atoms with Crippen LogP contribution < -0.4 is 20.9 Å². The normalized spacial score (nSPS) is 10.6. The maximum atomic E-state index is 5.64. The first kappa shape index (κ1) is 16.8. The number of benzene rings is 1.